The van der Waals surface area contributed by atoms with Gasteiger partial charge in [0.25, 0.3) is 5.91 Å². The van der Waals surface area contributed by atoms with Gasteiger partial charge in [0.05, 0.1) is 7.11 Å². The van der Waals surface area contributed by atoms with Gasteiger partial charge in [-0.15, -0.1) is 0 Å². The van der Waals surface area contributed by atoms with Crippen molar-refractivity contribution in [2.24, 2.45) is 0 Å². The van der Waals surface area contributed by atoms with Gasteiger partial charge in [0, 0.05) is 36.9 Å². The first-order valence-electron chi connectivity index (χ1n) is 9.24. The van der Waals surface area contributed by atoms with Gasteiger partial charge in [-0.25, -0.2) is 9.97 Å². The van der Waals surface area contributed by atoms with Crippen LogP contribution in [0.2, 0.25) is 0 Å². The molecular weight excluding hydrogens is 328 g/mol. The van der Waals surface area contributed by atoms with E-state index in [0.717, 1.165) is 37.5 Å². The first kappa shape index (κ1) is 16.8. The van der Waals surface area contributed by atoms with Crippen LogP contribution in [0.1, 0.15) is 36.0 Å². The van der Waals surface area contributed by atoms with Crippen molar-refractivity contribution in [2.45, 2.75) is 37.8 Å². The molecule has 2 aromatic rings. The Morgan fingerprint density at radius 1 is 1.15 bits per heavy atom. The summed E-state index contributed by atoms with van der Waals surface area (Å²) >= 11 is 0. The third-order valence-corrected chi connectivity index (χ3v) is 5.23. The third-order valence-electron chi connectivity index (χ3n) is 5.23. The number of benzene rings is 1. The molecule has 0 spiro atoms. The topological polar surface area (TPSA) is 58.6 Å². The molecule has 1 aromatic carbocycles. The van der Waals surface area contributed by atoms with Crippen molar-refractivity contribution < 1.29 is 9.53 Å². The fraction of sp³-hybridized carbons (Fsp3) is 0.450. The average Bonchev–Trinajstić information content (AvgIpc) is 3.54. The number of anilines is 1. The van der Waals surface area contributed by atoms with Gasteiger partial charge in [-0.2, -0.15) is 0 Å². The van der Waals surface area contributed by atoms with Crippen molar-refractivity contribution in [3.63, 3.8) is 0 Å². The molecule has 0 N–H and O–H groups in total. The van der Waals surface area contributed by atoms with Crippen LogP contribution in [0.25, 0.3) is 0 Å². The van der Waals surface area contributed by atoms with E-state index in [-0.39, 0.29) is 5.91 Å². The van der Waals surface area contributed by atoms with Crippen LogP contribution < -0.4 is 9.64 Å². The average molecular weight is 352 g/mol. The number of aromatic nitrogens is 2. The minimum absolute atomic E-state index is 0.0855. The summed E-state index contributed by atoms with van der Waals surface area (Å²) in [6.07, 6.45) is 7.82. The standard InChI is InChI=1S/C20H24N4O2/c1-26-18-4-2-3-15(13-18)20(25)23-11-8-17(9-12-23)24(16-5-6-16)19-7-10-21-14-22-19/h2-4,7,10,13-14,16-17H,5-6,8-9,11-12H2,1H3. The molecule has 136 valence electrons. The van der Waals surface area contributed by atoms with Crippen LogP contribution >= 0.6 is 0 Å². The Labute approximate surface area is 153 Å². The molecule has 2 aliphatic rings. The van der Waals surface area contributed by atoms with E-state index in [1.807, 2.05) is 35.2 Å². The number of methoxy groups -OCH3 is 1. The van der Waals surface area contributed by atoms with Gasteiger partial charge >= 0.3 is 0 Å². The Morgan fingerprint density at radius 2 is 1.92 bits per heavy atom. The summed E-state index contributed by atoms with van der Waals surface area (Å²) in [7, 11) is 1.62. The molecule has 1 amide bonds. The zero-order chi connectivity index (χ0) is 17.9. The van der Waals surface area contributed by atoms with E-state index < -0.39 is 0 Å². The van der Waals surface area contributed by atoms with E-state index >= 15 is 0 Å². The molecule has 0 atom stereocenters. The molecule has 1 saturated carbocycles. The van der Waals surface area contributed by atoms with Crippen molar-refractivity contribution in [1.82, 2.24) is 14.9 Å². The van der Waals surface area contributed by atoms with Crippen LogP contribution in [0.5, 0.6) is 5.75 Å². The van der Waals surface area contributed by atoms with Gasteiger partial charge in [-0.05, 0) is 49.9 Å². The number of likely N-dealkylation sites (tertiary alicyclic amines) is 1. The lowest BCUT2D eigenvalue weighted by molar-refractivity contribution is 0.0711. The number of carbonyl (C=O) groups excluding carboxylic acids is 1. The summed E-state index contributed by atoms with van der Waals surface area (Å²) in [6.45, 7) is 1.55. The minimum Gasteiger partial charge on any atom is -0.497 e. The molecule has 1 aliphatic carbocycles. The molecule has 1 saturated heterocycles. The Morgan fingerprint density at radius 3 is 2.58 bits per heavy atom. The van der Waals surface area contributed by atoms with E-state index in [0.29, 0.717) is 17.6 Å². The molecule has 4 rings (SSSR count). The van der Waals surface area contributed by atoms with Crippen molar-refractivity contribution >= 4 is 11.7 Å². The second kappa shape index (κ2) is 7.32. The van der Waals surface area contributed by atoms with E-state index in [2.05, 4.69) is 14.9 Å². The molecule has 26 heavy (non-hydrogen) atoms. The molecule has 0 bridgehead atoms. The molecule has 2 heterocycles. The monoisotopic (exact) mass is 352 g/mol. The SMILES string of the molecule is COc1cccc(C(=O)N2CCC(N(c3ccncn3)C3CC3)CC2)c1. The highest BCUT2D eigenvalue weighted by Crippen LogP contribution is 2.35. The summed E-state index contributed by atoms with van der Waals surface area (Å²) in [4.78, 5) is 25.7. The Hall–Kier alpha value is -2.63. The molecule has 1 aromatic heterocycles. The van der Waals surface area contributed by atoms with Crippen molar-refractivity contribution in [2.75, 3.05) is 25.1 Å². The first-order chi connectivity index (χ1) is 12.8. The Kier molecular flexibility index (Phi) is 4.73. The lowest BCUT2D eigenvalue weighted by atomic mass is 10.0. The summed E-state index contributed by atoms with van der Waals surface area (Å²) in [5, 5.41) is 0. The third kappa shape index (κ3) is 3.49. The quantitative estimate of drug-likeness (QED) is 0.828. The number of hydrogen-bond donors (Lipinski definition) is 0. The largest absolute Gasteiger partial charge is 0.497 e. The number of amides is 1. The number of piperidine rings is 1. The molecule has 6 heteroatoms. The van der Waals surface area contributed by atoms with Gasteiger partial charge in [-0.3, -0.25) is 4.79 Å². The highest BCUT2D eigenvalue weighted by Gasteiger charge is 2.37. The number of hydrogen-bond acceptors (Lipinski definition) is 5. The number of carbonyl (C=O) groups is 1. The second-order valence-corrected chi connectivity index (χ2v) is 6.96. The molecule has 6 nitrogen and oxygen atoms in total. The van der Waals surface area contributed by atoms with Crippen molar-refractivity contribution in [3.05, 3.63) is 48.4 Å². The molecule has 0 unspecified atom stereocenters. The Bertz CT molecular complexity index is 755. The van der Waals surface area contributed by atoms with Gasteiger partial charge in [0.15, 0.2) is 0 Å². The van der Waals surface area contributed by atoms with E-state index in [4.69, 9.17) is 4.74 Å². The highest BCUT2D eigenvalue weighted by atomic mass is 16.5. The van der Waals surface area contributed by atoms with E-state index in [1.165, 1.54) is 12.8 Å². The van der Waals surface area contributed by atoms with Crippen molar-refractivity contribution in [1.29, 1.82) is 0 Å². The molecule has 1 aliphatic heterocycles. The molecular formula is C20H24N4O2. The summed E-state index contributed by atoms with van der Waals surface area (Å²) in [5.74, 6) is 1.82. The Balaban J connectivity index is 1.42. The van der Waals surface area contributed by atoms with Crippen LogP contribution in [0, 0.1) is 0 Å². The van der Waals surface area contributed by atoms with Crippen LogP contribution in [0.3, 0.4) is 0 Å². The number of nitrogens with zero attached hydrogens (tertiary/aromatic N) is 4. The van der Waals surface area contributed by atoms with Crippen molar-refractivity contribution in [3.8, 4) is 5.75 Å². The second-order valence-electron chi connectivity index (χ2n) is 6.96. The molecule has 0 radical (unpaired) electrons. The van der Waals surface area contributed by atoms with Crippen LogP contribution in [-0.4, -0.2) is 53.1 Å². The van der Waals surface area contributed by atoms with Crippen LogP contribution in [-0.2, 0) is 0 Å². The summed E-state index contributed by atoms with van der Waals surface area (Å²) in [5.41, 5.74) is 0.692. The fourth-order valence-corrected chi connectivity index (χ4v) is 3.75. The zero-order valence-electron chi connectivity index (χ0n) is 15.0. The number of rotatable bonds is 5. The minimum atomic E-state index is 0.0855. The van der Waals surface area contributed by atoms with E-state index in [1.54, 1.807) is 19.6 Å². The van der Waals surface area contributed by atoms with Gasteiger partial charge in [0.2, 0.25) is 0 Å². The van der Waals surface area contributed by atoms with Crippen LogP contribution in [0.4, 0.5) is 5.82 Å². The maximum Gasteiger partial charge on any atom is 0.253 e. The number of ether oxygens (including phenoxy) is 1. The lowest BCUT2D eigenvalue weighted by Gasteiger charge is -2.39. The smallest absolute Gasteiger partial charge is 0.253 e. The van der Waals surface area contributed by atoms with Gasteiger partial charge in [-0.1, -0.05) is 6.07 Å². The zero-order valence-corrected chi connectivity index (χ0v) is 15.0. The fourth-order valence-electron chi connectivity index (χ4n) is 3.75. The first-order valence-corrected chi connectivity index (χ1v) is 9.24. The predicted molar refractivity (Wildman–Crippen MR) is 99.5 cm³/mol. The highest BCUT2D eigenvalue weighted by molar-refractivity contribution is 5.94. The van der Waals surface area contributed by atoms with E-state index in [9.17, 15) is 4.79 Å². The summed E-state index contributed by atoms with van der Waals surface area (Å²) < 4.78 is 5.23. The lowest BCUT2D eigenvalue weighted by Crippen LogP contribution is -2.48. The molecule has 2 fully saturated rings. The van der Waals surface area contributed by atoms with Gasteiger partial charge in [0.1, 0.15) is 17.9 Å². The maximum absolute atomic E-state index is 12.8. The maximum atomic E-state index is 12.8. The normalized spacial score (nSPS) is 17.8. The van der Waals surface area contributed by atoms with Crippen LogP contribution in [0.15, 0.2) is 42.9 Å². The van der Waals surface area contributed by atoms with Gasteiger partial charge < -0.3 is 14.5 Å². The summed E-state index contributed by atoms with van der Waals surface area (Å²) in [6, 6.07) is 10.4. The predicted octanol–water partition coefficient (Wildman–Crippen LogP) is 2.76.